The molecule has 0 aliphatic heterocycles. The zero-order valence-electron chi connectivity index (χ0n) is 18.4. The minimum absolute atomic E-state index is 0.154. The molecule has 0 N–H and O–H groups in total. The lowest BCUT2D eigenvalue weighted by Crippen LogP contribution is -2.24. The Bertz CT molecular complexity index is 1510. The first-order chi connectivity index (χ1) is 16.8. The zero-order valence-corrected chi connectivity index (χ0v) is 19.2. The highest BCUT2D eigenvalue weighted by Crippen LogP contribution is 2.38. The van der Waals surface area contributed by atoms with Crippen molar-refractivity contribution < 1.29 is 18.0 Å². The van der Waals surface area contributed by atoms with E-state index in [0.717, 1.165) is 22.5 Å². The Kier molecular flexibility index (Phi) is 5.89. The summed E-state index contributed by atoms with van der Waals surface area (Å²) in [5, 5.41) is 6.09. The van der Waals surface area contributed by atoms with Crippen LogP contribution in [0.4, 0.5) is 13.2 Å². The molecule has 5 heterocycles. The van der Waals surface area contributed by atoms with E-state index in [1.54, 1.807) is 53.7 Å². The third kappa shape index (κ3) is 4.69. The van der Waals surface area contributed by atoms with Gasteiger partial charge in [-0.05, 0) is 42.1 Å². The summed E-state index contributed by atoms with van der Waals surface area (Å²) >= 11 is 1.11. The quantitative estimate of drug-likeness (QED) is 0.266. The number of aromatic nitrogens is 5. The van der Waals surface area contributed by atoms with Crippen LogP contribution < -0.4 is 0 Å². The van der Waals surface area contributed by atoms with Crippen LogP contribution in [0.15, 0.2) is 72.8 Å². The lowest BCUT2D eigenvalue weighted by atomic mass is 9.96. The molecule has 0 aliphatic rings. The molecule has 5 rings (SSSR count). The maximum absolute atomic E-state index is 13.8. The number of fused-ring (bicyclic) bond motifs is 1. The lowest BCUT2D eigenvalue weighted by Gasteiger charge is -2.19. The summed E-state index contributed by atoms with van der Waals surface area (Å²) in [7, 11) is 0. The van der Waals surface area contributed by atoms with Gasteiger partial charge in [0.05, 0.1) is 16.8 Å². The molecule has 0 amide bonds. The van der Waals surface area contributed by atoms with Crippen molar-refractivity contribution in [2.75, 3.05) is 0 Å². The van der Waals surface area contributed by atoms with Crippen LogP contribution in [0.5, 0.6) is 0 Å². The third-order valence-corrected chi connectivity index (χ3v) is 6.56. The maximum Gasteiger partial charge on any atom is 0.397 e. The van der Waals surface area contributed by atoms with Crippen LogP contribution in [0.25, 0.3) is 27.9 Å². The van der Waals surface area contributed by atoms with Crippen LogP contribution >= 0.6 is 11.3 Å². The predicted octanol–water partition coefficient (Wildman–Crippen LogP) is 6.14. The molecule has 0 fully saturated rings. The highest BCUT2D eigenvalue weighted by Gasteiger charge is 2.43. The Balaban J connectivity index is 1.41. The van der Waals surface area contributed by atoms with Gasteiger partial charge in [0.2, 0.25) is 0 Å². The van der Waals surface area contributed by atoms with Gasteiger partial charge in [-0.1, -0.05) is 12.1 Å². The van der Waals surface area contributed by atoms with Gasteiger partial charge in [-0.3, -0.25) is 14.8 Å². The van der Waals surface area contributed by atoms with E-state index in [-0.39, 0.29) is 10.6 Å². The third-order valence-electron chi connectivity index (χ3n) is 5.59. The first-order valence-corrected chi connectivity index (χ1v) is 11.5. The highest BCUT2D eigenvalue weighted by atomic mass is 32.1. The average Bonchev–Trinajstić information content (AvgIpc) is 3.49. The minimum Gasteiger partial charge on any atom is -0.293 e. The smallest absolute Gasteiger partial charge is 0.293 e. The number of rotatable bonds is 6. The van der Waals surface area contributed by atoms with Crippen molar-refractivity contribution >= 4 is 22.8 Å². The summed E-state index contributed by atoms with van der Waals surface area (Å²) in [6.07, 6.45) is 3.27. The standard InChI is InChI=1S/C25H18F3N5OS/c1-15-4-2-6-21(32-15)20(25(26,27)28)9-22(34)23-8-17(14-35-23)19-12-31-33-13-18(11-30-24(19)33)16-5-3-7-29-10-16/h2-8,10-14,20H,9H2,1H3. The topological polar surface area (TPSA) is 73.0 Å². The van der Waals surface area contributed by atoms with E-state index in [1.165, 1.54) is 12.1 Å². The zero-order chi connectivity index (χ0) is 24.6. The number of carbonyl (C=O) groups excluding carboxylic acids is 1. The molecule has 5 aromatic rings. The van der Waals surface area contributed by atoms with Gasteiger partial charge in [0.1, 0.15) is 5.92 Å². The second-order valence-electron chi connectivity index (χ2n) is 8.04. The van der Waals surface area contributed by atoms with Crippen LogP contribution in [0.2, 0.25) is 0 Å². The number of halogens is 3. The van der Waals surface area contributed by atoms with Crippen molar-refractivity contribution in [3.63, 3.8) is 0 Å². The lowest BCUT2D eigenvalue weighted by molar-refractivity contribution is -0.150. The number of Topliss-reactive ketones (excluding diaryl/α,β-unsaturated/α-hetero) is 1. The van der Waals surface area contributed by atoms with E-state index in [1.807, 2.05) is 18.3 Å². The molecular formula is C25H18F3N5OS. The van der Waals surface area contributed by atoms with Gasteiger partial charge in [0.25, 0.3) is 0 Å². The molecular weight excluding hydrogens is 475 g/mol. The van der Waals surface area contributed by atoms with Gasteiger partial charge in [0, 0.05) is 53.6 Å². The molecule has 5 aromatic heterocycles. The van der Waals surface area contributed by atoms with Gasteiger partial charge in [-0.25, -0.2) is 9.50 Å². The van der Waals surface area contributed by atoms with E-state index < -0.39 is 24.3 Å². The van der Waals surface area contributed by atoms with E-state index in [9.17, 15) is 18.0 Å². The number of hydrogen-bond donors (Lipinski definition) is 0. The largest absolute Gasteiger partial charge is 0.397 e. The second kappa shape index (κ2) is 9.03. The molecule has 10 heteroatoms. The number of carbonyl (C=O) groups is 1. The first-order valence-electron chi connectivity index (χ1n) is 10.7. The molecule has 0 radical (unpaired) electrons. The fourth-order valence-electron chi connectivity index (χ4n) is 3.82. The predicted molar refractivity (Wildman–Crippen MR) is 126 cm³/mol. The van der Waals surface area contributed by atoms with Gasteiger partial charge >= 0.3 is 6.18 Å². The summed E-state index contributed by atoms with van der Waals surface area (Å²) in [5.41, 5.74) is 3.98. The first kappa shape index (κ1) is 22.9. The van der Waals surface area contributed by atoms with E-state index in [4.69, 9.17) is 0 Å². The fourth-order valence-corrected chi connectivity index (χ4v) is 4.68. The SMILES string of the molecule is Cc1cccc(C(CC(=O)c2cc(-c3cnn4cc(-c5cccnc5)cnc34)cs2)C(F)(F)F)n1. The van der Waals surface area contributed by atoms with Crippen molar-refractivity contribution in [3.8, 4) is 22.3 Å². The molecule has 0 saturated heterocycles. The molecule has 1 atom stereocenters. The number of hydrogen-bond acceptors (Lipinski definition) is 6. The molecule has 0 aromatic carbocycles. The van der Waals surface area contributed by atoms with Crippen LogP contribution in [0.1, 0.15) is 33.4 Å². The molecule has 0 bridgehead atoms. The van der Waals surface area contributed by atoms with Crippen molar-refractivity contribution in [1.82, 2.24) is 24.6 Å². The Morgan fingerprint density at radius 1 is 1.09 bits per heavy atom. The summed E-state index contributed by atoms with van der Waals surface area (Å²) in [4.78, 5) is 25.7. The Labute approximate surface area is 202 Å². The number of ketones is 1. The van der Waals surface area contributed by atoms with E-state index in [0.29, 0.717) is 22.5 Å². The number of aryl methyl sites for hydroxylation is 1. The van der Waals surface area contributed by atoms with Crippen molar-refractivity contribution in [2.45, 2.75) is 25.4 Å². The van der Waals surface area contributed by atoms with Gasteiger partial charge < -0.3 is 0 Å². The van der Waals surface area contributed by atoms with Crippen molar-refractivity contribution in [2.24, 2.45) is 0 Å². The van der Waals surface area contributed by atoms with E-state index >= 15 is 0 Å². The van der Waals surface area contributed by atoms with Gasteiger partial charge in [0.15, 0.2) is 11.4 Å². The Hall–Kier alpha value is -3.92. The van der Waals surface area contributed by atoms with E-state index in [2.05, 4.69) is 20.1 Å². The summed E-state index contributed by atoms with van der Waals surface area (Å²) in [6.45, 7) is 1.62. The highest BCUT2D eigenvalue weighted by molar-refractivity contribution is 7.12. The fraction of sp³-hybridized carbons (Fsp3) is 0.160. The molecule has 0 saturated carbocycles. The molecule has 35 heavy (non-hydrogen) atoms. The Morgan fingerprint density at radius 2 is 1.94 bits per heavy atom. The van der Waals surface area contributed by atoms with Crippen molar-refractivity contribution in [3.05, 3.63) is 89.0 Å². The van der Waals surface area contributed by atoms with Gasteiger partial charge in [-0.2, -0.15) is 18.3 Å². The molecule has 6 nitrogen and oxygen atoms in total. The number of thiophene rings is 1. The van der Waals surface area contributed by atoms with Crippen LogP contribution in [-0.4, -0.2) is 36.5 Å². The molecule has 1 unspecified atom stereocenters. The number of pyridine rings is 2. The number of alkyl halides is 3. The average molecular weight is 494 g/mol. The summed E-state index contributed by atoms with van der Waals surface area (Å²) < 4.78 is 42.9. The molecule has 176 valence electrons. The van der Waals surface area contributed by atoms with Gasteiger partial charge in [-0.15, -0.1) is 11.3 Å². The maximum atomic E-state index is 13.8. The molecule has 0 spiro atoms. The summed E-state index contributed by atoms with van der Waals surface area (Å²) in [6, 6.07) is 9.78. The van der Waals surface area contributed by atoms with Crippen LogP contribution in [0, 0.1) is 6.92 Å². The minimum atomic E-state index is -4.59. The van der Waals surface area contributed by atoms with Crippen LogP contribution in [0.3, 0.4) is 0 Å². The molecule has 0 aliphatic carbocycles. The normalized spacial score (nSPS) is 12.7. The second-order valence-corrected chi connectivity index (χ2v) is 8.95. The number of nitrogens with zero attached hydrogens (tertiary/aromatic N) is 5. The monoisotopic (exact) mass is 493 g/mol. The van der Waals surface area contributed by atoms with Crippen LogP contribution in [-0.2, 0) is 0 Å². The summed E-state index contributed by atoms with van der Waals surface area (Å²) in [5.74, 6) is -2.56. The Morgan fingerprint density at radius 3 is 2.69 bits per heavy atom. The van der Waals surface area contributed by atoms with Crippen molar-refractivity contribution in [1.29, 1.82) is 0 Å².